The zero-order chi connectivity index (χ0) is 13.2. The molecule has 0 unspecified atom stereocenters. The Bertz CT molecular complexity index is 334. The summed E-state index contributed by atoms with van der Waals surface area (Å²) >= 11 is 0. The fourth-order valence-corrected chi connectivity index (χ4v) is 1.54. The molecule has 18 heavy (non-hydrogen) atoms. The summed E-state index contributed by atoms with van der Waals surface area (Å²) in [5, 5.41) is 6.33. The van der Waals surface area contributed by atoms with Crippen molar-refractivity contribution in [3.63, 3.8) is 0 Å². The lowest BCUT2D eigenvalue weighted by Gasteiger charge is -2.18. The molecule has 6 heteroatoms. The standard InChI is InChI=1S/C12H23N5O/c1-13-5-4-7-17(2)12-9-11(15-10-16-12)14-6-8-18-3/h9-10,13H,4-8H2,1-3H3,(H,14,15,16). The summed E-state index contributed by atoms with van der Waals surface area (Å²) in [6, 6.07) is 1.95. The second-order valence-corrected chi connectivity index (χ2v) is 4.06. The van der Waals surface area contributed by atoms with Gasteiger partial charge in [0.05, 0.1) is 6.61 Å². The van der Waals surface area contributed by atoms with Gasteiger partial charge >= 0.3 is 0 Å². The Morgan fingerprint density at radius 3 is 2.89 bits per heavy atom. The average molecular weight is 253 g/mol. The maximum Gasteiger partial charge on any atom is 0.133 e. The molecule has 0 spiro atoms. The van der Waals surface area contributed by atoms with E-state index in [0.29, 0.717) is 6.61 Å². The van der Waals surface area contributed by atoms with Crippen LogP contribution in [-0.2, 0) is 4.74 Å². The third kappa shape index (κ3) is 5.29. The molecule has 102 valence electrons. The highest BCUT2D eigenvalue weighted by Crippen LogP contribution is 2.12. The molecule has 1 aromatic heterocycles. The van der Waals surface area contributed by atoms with Gasteiger partial charge in [-0.2, -0.15) is 0 Å². The molecule has 0 amide bonds. The van der Waals surface area contributed by atoms with E-state index in [1.807, 2.05) is 20.2 Å². The molecule has 0 bridgehead atoms. The predicted molar refractivity (Wildman–Crippen MR) is 74.2 cm³/mol. The van der Waals surface area contributed by atoms with E-state index in [4.69, 9.17) is 4.74 Å². The molecule has 0 saturated heterocycles. The highest BCUT2D eigenvalue weighted by Gasteiger charge is 2.03. The highest BCUT2D eigenvalue weighted by atomic mass is 16.5. The largest absolute Gasteiger partial charge is 0.383 e. The van der Waals surface area contributed by atoms with E-state index in [9.17, 15) is 0 Å². The van der Waals surface area contributed by atoms with Crippen LogP contribution in [0.15, 0.2) is 12.4 Å². The molecule has 2 N–H and O–H groups in total. The van der Waals surface area contributed by atoms with Gasteiger partial charge in [-0.3, -0.25) is 0 Å². The number of ether oxygens (including phenoxy) is 1. The fraction of sp³-hybridized carbons (Fsp3) is 0.667. The van der Waals surface area contributed by atoms with Crippen molar-refractivity contribution in [3.8, 4) is 0 Å². The molecule has 0 saturated carbocycles. The molecular weight excluding hydrogens is 230 g/mol. The van der Waals surface area contributed by atoms with Crippen molar-refractivity contribution in [1.82, 2.24) is 15.3 Å². The second-order valence-electron chi connectivity index (χ2n) is 4.06. The number of nitrogens with one attached hydrogen (secondary N) is 2. The molecule has 6 nitrogen and oxygen atoms in total. The van der Waals surface area contributed by atoms with Crippen LogP contribution in [0, 0.1) is 0 Å². The number of hydrogen-bond acceptors (Lipinski definition) is 6. The van der Waals surface area contributed by atoms with Gasteiger partial charge in [-0.15, -0.1) is 0 Å². The third-order valence-electron chi connectivity index (χ3n) is 2.58. The van der Waals surface area contributed by atoms with Gasteiger partial charge in [0.2, 0.25) is 0 Å². The number of anilines is 2. The topological polar surface area (TPSA) is 62.3 Å². The first kappa shape index (κ1) is 14.7. The lowest BCUT2D eigenvalue weighted by atomic mass is 10.4. The van der Waals surface area contributed by atoms with Gasteiger partial charge in [-0.1, -0.05) is 0 Å². The van der Waals surface area contributed by atoms with Crippen molar-refractivity contribution in [1.29, 1.82) is 0 Å². The number of hydrogen-bond donors (Lipinski definition) is 2. The van der Waals surface area contributed by atoms with Crippen LogP contribution in [-0.4, -0.2) is 57.4 Å². The van der Waals surface area contributed by atoms with Crippen molar-refractivity contribution in [2.75, 3.05) is 57.7 Å². The minimum absolute atomic E-state index is 0.664. The lowest BCUT2D eigenvalue weighted by molar-refractivity contribution is 0.210. The van der Waals surface area contributed by atoms with Crippen LogP contribution < -0.4 is 15.5 Å². The van der Waals surface area contributed by atoms with E-state index in [-0.39, 0.29) is 0 Å². The first-order valence-corrected chi connectivity index (χ1v) is 6.18. The Morgan fingerprint density at radius 2 is 2.17 bits per heavy atom. The van der Waals surface area contributed by atoms with Gasteiger partial charge in [0, 0.05) is 33.3 Å². The van der Waals surface area contributed by atoms with Crippen molar-refractivity contribution in [2.24, 2.45) is 0 Å². The second kappa shape index (κ2) is 8.66. The van der Waals surface area contributed by atoms with Gasteiger partial charge in [-0.05, 0) is 20.0 Å². The lowest BCUT2D eigenvalue weighted by Crippen LogP contribution is -2.23. The molecule has 1 aromatic rings. The average Bonchev–Trinajstić information content (AvgIpc) is 2.39. The zero-order valence-corrected chi connectivity index (χ0v) is 11.4. The molecule has 0 fully saturated rings. The molecule has 0 aliphatic carbocycles. The highest BCUT2D eigenvalue weighted by molar-refractivity contribution is 5.47. The summed E-state index contributed by atoms with van der Waals surface area (Å²) in [6.07, 6.45) is 2.67. The van der Waals surface area contributed by atoms with Gasteiger partial charge in [-0.25, -0.2) is 9.97 Å². The zero-order valence-electron chi connectivity index (χ0n) is 11.4. The SMILES string of the molecule is CNCCCN(C)c1cc(NCCOC)ncn1. The minimum Gasteiger partial charge on any atom is -0.383 e. The van der Waals surface area contributed by atoms with Crippen LogP contribution >= 0.6 is 0 Å². The van der Waals surface area contributed by atoms with Gasteiger partial charge in [0.25, 0.3) is 0 Å². The maximum absolute atomic E-state index is 4.98. The van der Waals surface area contributed by atoms with Crippen LogP contribution in [0.2, 0.25) is 0 Å². The molecule has 1 rings (SSSR count). The Balaban J connectivity index is 2.47. The van der Waals surface area contributed by atoms with Crippen molar-refractivity contribution < 1.29 is 4.74 Å². The van der Waals surface area contributed by atoms with Crippen LogP contribution in [0.5, 0.6) is 0 Å². The molecule has 0 aliphatic rings. The van der Waals surface area contributed by atoms with Crippen LogP contribution in [0.4, 0.5) is 11.6 Å². The number of rotatable bonds is 9. The Kier molecular flexibility index (Phi) is 7.05. The summed E-state index contributed by atoms with van der Waals surface area (Å²) < 4.78 is 4.98. The van der Waals surface area contributed by atoms with Crippen LogP contribution in [0.1, 0.15) is 6.42 Å². The summed E-state index contributed by atoms with van der Waals surface area (Å²) in [5.74, 6) is 1.76. The predicted octanol–water partition coefficient (Wildman–Crippen LogP) is 0.581. The van der Waals surface area contributed by atoms with Gasteiger partial charge in [0.1, 0.15) is 18.0 Å². The maximum atomic E-state index is 4.98. The van der Waals surface area contributed by atoms with Gasteiger partial charge < -0.3 is 20.3 Å². The molecule has 0 radical (unpaired) electrons. The Labute approximate surface area is 109 Å². The molecule has 1 heterocycles. The number of methoxy groups -OCH3 is 1. The Hall–Kier alpha value is -1.40. The fourth-order valence-electron chi connectivity index (χ4n) is 1.54. The minimum atomic E-state index is 0.664. The summed E-state index contributed by atoms with van der Waals surface area (Å²) in [4.78, 5) is 10.6. The molecular formula is C12H23N5O. The van der Waals surface area contributed by atoms with E-state index >= 15 is 0 Å². The van der Waals surface area contributed by atoms with Gasteiger partial charge in [0.15, 0.2) is 0 Å². The monoisotopic (exact) mass is 253 g/mol. The Morgan fingerprint density at radius 1 is 1.33 bits per heavy atom. The van der Waals surface area contributed by atoms with E-state index in [2.05, 4.69) is 25.5 Å². The quantitative estimate of drug-likeness (QED) is 0.628. The van der Waals surface area contributed by atoms with Crippen molar-refractivity contribution in [2.45, 2.75) is 6.42 Å². The van der Waals surface area contributed by atoms with E-state index < -0.39 is 0 Å². The number of nitrogens with zero attached hydrogens (tertiary/aromatic N) is 3. The molecule has 0 aliphatic heterocycles. The van der Waals surface area contributed by atoms with E-state index in [0.717, 1.165) is 37.7 Å². The van der Waals surface area contributed by atoms with Crippen molar-refractivity contribution in [3.05, 3.63) is 12.4 Å². The van der Waals surface area contributed by atoms with E-state index in [1.54, 1.807) is 13.4 Å². The number of aromatic nitrogens is 2. The van der Waals surface area contributed by atoms with E-state index in [1.165, 1.54) is 0 Å². The molecule has 0 atom stereocenters. The van der Waals surface area contributed by atoms with Crippen molar-refractivity contribution >= 4 is 11.6 Å². The summed E-state index contributed by atoms with van der Waals surface area (Å²) in [5.41, 5.74) is 0. The van der Waals surface area contributed by atoms with Crippen LogP contribution in [0.25, 0.3) is 0 Å². The molecule has 0 aromatic carbocycles. The summed E-state index contributed by atoms with van der Waals surface area (Å²) in [6.45, 7) is 3.39. The normalized spacial score (nSPS) is 10.4. The van der Waals surface area contributed by atoms with Crippen LogP contribution in [0.3, 0.4) is 0 Å². The first-order chi connectivity index (χ1) is 8.77. The third-order valence-corrected chi connectivity index (χ3v) is 2.58. The summed E-state index contributed by atoms with van der Waals surface area (Å²) in [7, 11) is 5.68. The first-order valence-electron chi connectivity index (χ1n) is 6.18. The smallest absolute Gasteiger partial charge is 0.133 e.